The highest BCUT2D eigenvalue weighted by molar-refractivity contribution is 5.60. The van der Waals surface area contributed by atoms with Gasteiger partial charge < -0.3 is 0 Å². The number of hydrogen-bond acceptors (Lipinski definition) is 1. The third kappa shape index (κ3) is 4.54. The molecule has 0 bridgehead atoms. The molecule has 0 aliphatic heterocycles. The molecular weight excluding hydrogens is 122 g/mol. The zero-order valence-electron chi connectivity index (χ0n) is 7.59. The van der Waals surface area contributed by atoms with Crippen LogP contribution in [-0.4, -0.2) is 12.3 Å². The van der Waals surface area contributed by atoms with Crippen LogP contribution in [0.2, 0.25) is 0 Å². The van der Waals surface area contributed by atoms with Crippen LogP contribution in [0.1, 0.15) is 40.5 Å². The Morgan fingerprint density at radius 1 is 1.20 bits per heavy atom. The fourth-order valence-electron chi connectivity index (χ4n) is 0.505. The Labute approximate surface area is 64.6 Å². The van der Waals surface area contributed by atoms with Crippen molar-refractivity contribution in [1.29, 1.82) is 0 Å². The summed E-state index contributed by atoms with van der Waals surface area (Å²) in [6.07, 6.45) is 4.42. The minimum Gasteiger partial charge on any atom is -0.294 e. The molecule has 0 rings (SSSR count). The van der Waals surface area contributed by atoms with E-state index >= 15 is 0 Å². The van der Waals surface area contributed by atoms with Gasteiger partial charge in [0, 0.05) is 12.3 Å². The molecule has 0 aromatic rings. The second-order valence-electron chi connectivity index (χ2n) is 2.94. The molecule has 60 valence electrons. The lowest BCUT2D eigenvalue weighted by molar-refractivity contribution is 0.694. The fourth-order valence-corrected chi connectivity index (χ4v) is 0.505. The van der Waals surface area contributed by atoms with E-state index in [0.717, 1.165) is 6.42 Å². The van der Waals surface area contributed by atoms with Gasteiger partial charge in [-0.05, 0) is 25.7 Å². The summed E-state index contributed by atoms with van der Waals surface area (Å²) in [5.74, 6) is 0.647. The first-order valence-electron chi connectivity index (χ1n) is 4.24. The van der Waals surface area contributed by atoms with Gasteiger partial charge in [0.1, 0.15) is 0 Å². The monoisotopic (exact) mass is 141 g/mol. The SMILES string of the molecule is CCC(C)C=NC(C)CC. The van der Waals surface area contributed by atoms with Gasteiger partial charge in [-0.1, -0.05) is 20.8 Å². The van der Waals surface area contributed by atoms with Gasteiger partial charge in [0.2, 0.25) is 0 Å². The molecule has 2 unspecified atom stereocenters. The van der Waals surface area contributed by atoms with E-state index in [-0.39, 0.29) is 0 Å². The molecule has 1 heteroatoms. The molecule has 0 aromatic heterocycles. The van der Waals surface area contributed by atoms with Crippen molar-refractivity contribution >= 4 is 6.21 Å². The van der Waals surface area contributed by atoms with Crippen LogP contribution in [0.25, 0.3) is 0 Å². The highest BCUT2D eigenvalue weighted by Crippen LogP contribution is 1.99. The van der Waals surface area contributed by atoms with Crippen LogP contribution in [0.4, 0.5) is 0 Å². The largest absolute Gasteiger partial charge is 0.294 e. The summed E-state index contributed by atoms with van der Waals surface area (Å²) in [6, 6.07) is 0.508. The van der Waals surface area contributed by atoms with Gasteiger partial charge in [-0.15, -0.1) is 0 Å². The number of hydrogen-bond donors (Lipinski definition) is 0. The van der Waals surface area contributed by atoms with Gasteiger partial charge in [-0.2, -0.15) is 0 Å². The van der Waals surface area contributed by atoms with Crippen LogP contribution < -0.4 is 0 Å². The van der Waals surface area contributed by atoms with E-state index in [1.807, 2.05) is 0 Å². The highest BCUT2D eigenvalue weighted by Gasteiger charge is 1.94. The van der Waals surface area contributed by atoms with E-state index in [2.05, 4.69) is 38.9 Å². The van der Waals surface area contributed by atoms with Crippen LogP contribution in [0.5, 0.6) is 0 Å². The molecule has 0 heterocycles. The maximum Gasteiger partial charge on any atom is 0.0465 e. The Kier molecular flexibility index (Phi) is 5.27. The first-order valence-corrected chi connectivity index (χ1v) is 4.24. The van der Waals surface area contributed by atoms with E-state index in [9.17, 15) is 0 Å². The number of nitrogens with zero attached hydrogens (tertiary/aromatic N) is 1. The molecule has 0 radical (unpaired) electrons. The van der Waals surface area contributed by atoms with E-state index in [1.54, 1.807) is 0 Å². The Bertz CT molecular complexity index is 84.9. The van der Waals surface area contributed by atoms with Gasteiger partial charge in [-0.25, -0.2) is 0 Å². The quantitative estimate of drug-likeness (QED) is 0.534. The lowest BCUT2D eigenvalue weighted by Crippen LogP contribution is -1.99. The van der Waals surface area contributed by atoms with Crippen molar-refractivity contribution in [3.8, 4) is 0 Å². The summed E-state index contributed by atoms with van der Waals surface area (Å²) < 4.78 is 0. The zero-order chi connectivity index (χ0) is 7.98. The van der Waals surface area contributed by atoms with E-state index in [1.165, 1.54) is 6.42 Å². The number of rotatable bonds is 4. The molecule has 10 heavy (non-hydrogen) atoms. The molecule has 0 N–H and O–H groups in total. The Hall–Kier alpha value is -0.330. The Balaban J connectivity index is 3.52. The summed E-state index contributed by atoms with van der Waals surface area (Å²) in [5.41, 5.74) is 0. The normalized spacial score (nSPS) is 17.6. The summed E-state index contributed by atoms with van der Waals surface area (Å²) >= 11 is 0. The fraction of sp³-hybridized carbons (Fsp3) is 0.889. The zero-order valence-corrected chi connectivity index (χ0v) is 7.59. The third-order valence-electron chi connectivity index (χ3n) is 1.83. The van der Waals surface area contributed by atoms with Crippen molar-refractivity contribution in [2.45, 2.75) is 46.6 Å². The minimum absolute atomic E-state index is 0.508. The van der Waals surface area contributed by atoms with Crippen LogP contribution >= 0.6 is 0 Å². The molecule has 1 nitrogen and oxygen atoms in total. The smallest absolute Gasteiger partial charge is 0.0465 e. The summed E-state index contributed by atoms with van der Waals surface area (Å²) in [6.45, 7) is 8.71. The average molecular weight is 141 g/mol. The second kappa shape index (κ2) is 5.45. The molecule has 0 spiro atoms. The van der Waals surface area contributed by atoms with E-state index in [0.29, 0.717) is 12.0 Å². The van der Waals surface area contributed by atoms with Gasteiger partial charge >= 0.3 is 0 Å². The summed E-state index contributed by atoms with van der Waals surface area (Å²) in [5, 5.41) is 0. The molecule has 2 atom stereocenters. The van der Waals surface area contributed by atoms with Crippen molar-refractivity contribution in [1.82, 2.24) is 0 Å². The topological polar surface area (TPSA) is 12.4 Å². The van der Waals surface area contributed by atoms with Crippen molar-refractivity contribution < 1.29 is 0 Å². The summed E-state index contributed by atoms with van der Waals surface area (Å²) in [7, 11) is 0. The maximum atomic E-state index is 4.39. The minimum atomic E-state index is 0.508. The lowest BCUT2D eigenvalue weighted by Gasteiger charge is -2.02. The molecule has 0 aliphatic carbocycles. The second-order valence-corrected chi connectivity index (χ2v) is 2.94. The summed E-state index contributed by atoms with van der Waals surface area (Å²) in [4.78, 5) is 4.39. The number of aliphatic imine (C=N–C) groups is 1. The van der Waals surface area contributed by atoms with Crippen molar-refractivity contribution in [2.24, 2.45) is 10.9 Å². The molecule has 0 saturated heterocycles. The van der Waals surface area contributed by atoms with Crippen LogP contribution in [0.3, 0.4) is 0 Å². The maximum absolute atomic E-state index is 4.39. The Morgan fingerprint density at radius 2 is 1.80 bits per heavy atom. The Morgan fingerprint density at radius 3 is 2.20 bits per heavy atom. The van der Waals surface area contributed by atoms with Gasteiger partial charge in [0.15, 0.2) is 0 Å². The van der Waals surface area contributed by atoms with E-state index < -0.39 is 0 Å². The predicted molar refractivity (Wildman–Crippen MR) is 47.7 cm³/mol. The van der Waals surface area contributed by atoms with Gasteiger partial charge in [-0.3, -0.25) is 4.99 Å². The van der Waals surface area contributed by atoms with Gasteiger partial charge in [0.25, 0.3) is 0 Å². The average Bonchev–Trinajstić information content (AvgIpc) is 1.99. The first-order chi connectivity index (χ1) is 4.70. The standard InChI is InChI=1S/C9H19N/c1-5-8(3)7-10-9(4)6-2/h7-9H,5-6H2,1-4H3. The molecule has 0 amide bonds. The van der Waals surface area contributed by atoms with E-state index in [4.69, 9.17) is 0 Å². The van der Waals surface area contributed by atoms with Crippen molar-refractivity contribution in [3.63, 3.8) is 0 Å². The molecule has 0 aliphatic rings. The first kappa shape index (κ1) is 9.67. The van der Waals surface area contributed by atoms with Gasteiger partial charge in [0.05, 0.1) is 0 Å². The predicted octanol–water partition coefficient (Wildman–Crippen LogP) is 2.90. The lowest BCUT2D eigenvalue weighted by atomic mass is 10.1. The molecule has 0 saturated carbocycles. The van der Waals surface area contributed by atoms with Crippen LogP contribution in [0.15, 0.2) is 4.99 Å². The molecule has 0 aromatic carbocycles. The van der Waals surface area contributed by atoms with Crippen molar-refractivity contribution in [3.05, 3.63) is 0 Å². The van der Waals surface area contributed by atoms with Crippen LogP contribution in [0, 0.1) is 5.92 Å². The molecule has 0 fully saturated rings. The third-order valence-corrected chi connectivity index (χ3v) is 1.83. The highest BCUT2D eigenvalue weighted by atomic mass is 14.7. The van der Waals surface area contributed by atoms with Crippen molar-refractivity contribution in [2.75, 3.05) is 0 Å². The van der Waals surface area contributed by atoms with Crippen LogP contribution in [-0.2, 0) is 0 Å². The molecular formula is C9H19N.